The van der Waals surface area contributed by atoms with Crippen LogP contribution in [0.15, 0.2) is 55.2 Å². The second-order valence-electron chi connectivity index (χ2n) is 8.15. The molecule has 4 aromatic heterocycles. The molecule has 0 unspecified atom stereocenters. The SMILES string of the molecule is Cc1cc(-c2cnc3[nH]cc(-c4ccc5nccn5c4)c3n2)cc2c1CN(C(=O)O)CC2. The largest absolute Gasteiger partial charge is 0.465 e. The zero-order chi connectivity index (χ0) is 21.8. The second-order valence-corrected chi connectivity index (χ2v) is 8.15. The summed E-state index contributed by atoms with van der Waals surface area (Å²) in [5.41, 5.74) is 9.60. The number of carbonyl (C=O) groups is 1. The van der Waals surface area contributed by atoms with Gasteiger partial charge in [-0.15, -0.1) is 0 Å². The lowest BCUT2D eigenvalue weighted by molar-refractivity contribution is 0.140. The van der Waals surface area contributed by atoms with E-state index in [0.717, 1.165) is 50.3 Å². The minimum absolute atomic E-state index is 0.431. The van der Waals surface area contributed by atoms with Crippen LogP contribution in [0.25, 0.3) is 39.2 Å². The number of fused-ring (bicyclic) bond motifs is 3. The first kappa shape index (κ1) is 18.6. The van der Waals surface area contributed by atoms with Gasteiger partial charge in [0.15, 0.2) is 5.65 Å². The Morgan fingerprint density at radius 1 is 1.19 bits per heavy atom. The topological polar surface area (TPSA) is 99.4 Å². The molecule has 0 bridgehead atoms. The quantitative estimate of drug-likeness (QED) is 0.441. The van der Waals surface area contributed by atoms with Crippen molar-refractivity contribution in [1.29, 1.82) is 0 Å². The number of nitrogens with zero attached hydrogens (tertiary/aromatic N) is 5. The van der Waals surface area contributed by atoms with Crippen molar-refractivity contribution in [1.82, 2.24) is 29.2 Å². The molecule has 0 radical (unpaired) electrons. The van der Waals surface area contributed by atoms with Gasteiger partial charge in [-0.25, -0.2) is 19.7 Å². The summed E-state index contributed by atoms with van der Waals surface area (Å²) in [6, 6.07) is 8.22. The molecule has 0 saturated carbocycles. The molecule has 1 aliphatic heterocycles. The van der Waals surface area contributed by atoms with Gasteiger partial charge in [-0.1, -0.05) is 0 Å². The summed E-state index contributed by atoms with van der Waals surface area (Å²) in [7, 11) is 0. The number of aromatic nitrogens is 5. The number of benzene rings is 1. The van der Waals surface area contributed by atoms with Gasteiger partial charge in [0.25, 0.3) is 0 Å². The van der Waals surface area contributed by atoms with Gasteiger partial charge < -0.3 is 19.4 Å². The molecule has 6 rings (SSSR count). The van der Waals surface area contributed by atoms with Gasteiger partial charge in [-0.05, 0) is 54.3 Å². The van der Waals surface area contributed by atoms with Gasteiger partial charge in [0.1, 0.15) is 11.2 Å². The average Bonchev–Trinajstić information content (AvgIpc) is 3.44. The fourth-order valence-electron chi connectivity index (χ4n) is 4.51. The van der Waals surface area contributed by atoms with E-state index in [1.165, 1.54) is 10.5 Å². The molecule has 0 fully saturated rings. The molecule has 0 spiro atoms. The molecule has 8 nitrogen and oxygen atoms in total. The van der Waals surface area contributed by atoms with Crippen LogP contribution >= 0.6 is 0 Å². The van der Waals surface area contributed by atoms with E-state index >= 15 is 0 Å². The van der Waals surface area contributed by atoms with Crippen molar-refractivity contribution in [3.8, 4) is 22.4 Å². The van der Waals surface area contributed by atoms with Crippen molar-refractivity contribution in [2.75, 3.05) is 6.54 Å². The van der Waals surface area contributed by atoms with E-state index < -0.39 is 6.09 Å². The van der Waals surface area contributed by atoms with Crippen LogP contribution in [0, 0.1) is 6.92 Å². The fraction of sp³-hybridized carbons (Fsp3) is 0.167. The van der Waals surface area contributed by atoms with Crippen LogP contribution < -0.4 is 0 Å². The molecule has 5 heterocycles. The first-order valence-electron chi connectivity index (χ1n) is 10.4. The van der Waals surface area contributed by atoms with Crippen LogP contribution in [0.3, 0.4) is 0 Å². The van der Waals surface area contributed by atoms with Gasteiger partial charge in [-0.2, -0.15) is 0 Å². The van der Waals surface area contributed by atoms with E-state index in [1.807, 2.05) is 42.0 Å². The minimum atomic E-state index is -0.871. The first-order chi connectivity index (χ1) is 15.6. The smallest absolute Gasteiger partial charge is 0.407 e. The number of imidazole rings is 1. The van der Waals surface area contributed by atoms with Crippen molar-refractivity contribution >= 4 is 22.9 Å². The zero-order valence-corrected chi connectivity index (χ0v) is 17.4. The molecule has 5 aromatic rings. The Bertz CT molecular complexity index is 1520. The summed E-state index contributed by atoms with van der Waals surface area (Å²) in [5, 5.41) is 9.33. The van der Waals surface area contributed by atoms with Crippen molar-refractivity contribution in [2.45, 2.75) is 19.9 Å². The molecular weight excluding hydrogens is 404 g/mol. The third kappa shape index (κ3) is 2.91. The lowest BCUT2D eigenvalue weighted by Gasteiger charge is -2.28. The van der Waals surface area contributed by atoms with Crippen LogP contribution in [0.5, 0.6) is 0 Å². The molecule has 1 amide bonds. The first-order valence-corrected chi connectivity index (χ1v) is 10.4. The highest BCUT2D eigenvalue weighted by molar-refractivity contribution is 5.91. The Kier molecular flexibility index (Phi) is 4.01. The lowest BCUT2D eigenvalue weighted by atomic mass is 9.92. The average molecular weight is 424 g/mol. The highest BCUT2D eigenvalue weighted by Gasteiger charge is 2.22. The molecule has 0 saturated heterocycles. The number of amides is 1. The lowest BCUT2D eigenvalue weighted by Crippen LogP contribution is -2.35. The summed E-state index contributed by atoms with van der Waals surface area (Å²) in [6.07, 6.45) is 9.29. The Labute approximate surface area is 183 Å². The van der Waals surface area contributed by atoms with Crippen molar-refractivity contribution in [3.05, 3.63) is 71.9 Å². The van der Waals surface area contributed by atoms with Gasteiger partial charge in [0, 0.05) is 54.6 Å². The Morgan fingerprint density at radius 2 is 2.09 bits per heavy atom. The third-order valence-corrected chi connectivity index (χ3v) is 6.21. The summed E-state index contributed by atoms with van der Waals surface area (Å²) in [6.45, 7) is 2.97. The van der Waals surface area contributed by atoms with E-state index in [0.29, 0.717) is 19.5 Å². The number of aryl methyl sites for hydroxylation is 1. The molecule has 2 N–H and O–H groups in total. The summed E-state index contributed by atoms with van der Waals surface area (Å²) < 4.78 is 1.98. The molecule has 0 aliphatic carbocycles. The Balaban J connectivity index is 1.43. The Morgan fingerprint density at radius 3 is 2.97 bits per heavy atom. The monoisotopic (exact) mass is 424 g/mol. The maximum atomic E-state index is 11.4. The zero-order valence-electron chi connectivity index (χ0n) is 17.4. The number of carboxylic acid groups (broad SMARTS) is 1. The predicted octanol–water partition coefficient (Wildman–Crippen LogP) is 4.28. The van der Waals surface area contributed by atoms with Gasteiger partial charge >= 0.3 is 6.09 Å². The molecule has 158 valence electrons. The number of hydrogen-bond donors (Lipinski definition) is 2. The van der Waals surface area contributed by atoms with Gasteiger partial charge in [-0.3, -0.25) is 0 Å². The standard InChI is InChI=1S/C24H20N6O2/c1-14-8-17(9-15-4-6-30(24(31)32)13-19(14)15)20-11-27-23-22(28-20)18(10-26-23)16-2-3-21-25-5-7-29(21)12-16/h2-3,5,7-12H,4,6,13H2,1H3,(H,26,27)(H,31,32). The molecule has 1 aromatic carbocycles. The predicted molar refractivity (Wildman–Crippen MR) is 120 cm³/mol. The number of pyridine rings is 1. The molecule has 8 heteroatoms. The maximum Gasteiger partial charge on any atom is 0.407 e. The van der Waals surface area contributed by atoms with Crippen LogP contribution in [0.1, 0.15) is 16.7 Å². The van der Waals surface area contributed by atoms with E-state index in [4.69, 9.17) is 4.98 Å². The van der Waals surface area contributed by atoms with Crippen LogP contribution in [0.4, 0.5) is 4.79 Å². The maximum absolute atomic E-state index is 11.4. The van der Waals surface area contributed by atoms with Gasteiger partial charge in [0.05, 0.1) is 11.9 Å². The van der Waals surface area contributed by atoms with E-state index in [2.05, 4.69) is 27.1 Å². The molecule has 0 atom stereocenters. The fourth-order valence-corrected chi connectivity index (χ4v) is 4.51. The van der Waals surface area contributed by atoms with Crippen LogP contribution in [-0.4, -0.2) is 47.0 Å². The van der Waals surface area contributed by atoms with Crippen molar-refractivity contribution < 1.29 is 9.90 Å². The van der Waals surface area contributed by atoms with E-state index in [9.17, 15) is 9.90 Å². The molecule has 1 aliphatic rings. The van der Waals surface area contributed by atoms with E-state index in [1.54, 1.807) is 12.4 Å². The van der Waals surface area contributed by atoms with Gasteiger partial charge in [0.2, 0.25) is 0 Å². The number of H-pyrrole nitrogens is 1. The summed E-state index contributed by atoms with van der Waals surface area (Å²) >= 11 is 0. The number of rotatable bonds is 2. The molecule has 32 heavy (non-hydrogen) atoms. The minimum Gasteiger partial charge on any atom is -0.465 e. The summed E-state index contributed by atoms with van der Waals surface area (Å²) in [4.78, 5) is 29.9. The highest BCUT2D eigenvalue weighted by atomic mass is 16.4. The normalized spacial score (nSPS) is 13.6. The Hall–Kier alpha value is -4.20. The second kappa shape index (κ2) is 6.91. The number of aromatic amines is 1. The van der Waals surface area contributed by atoms with Crippen LogP contribution in [0.2, 0.25) is 0 Å². The van der Waals surface area contributed by atoms with Crippen LogP contribution in [-0.2, 0) is 13.0 Å². The molecular formula is C24H20N6O2. The van der Waals surface area contributed by atoms with Crippen molar-refractivity contribution in [3.63, 3.8) is 0 Å². The van der Waals surface area contributed by atoms with E-state index in [-0.39, 0.29) is 0 Å². The number of nitrogens with one attached hydrogen (secondary N) is 1. The number of hydrogen-bond acceptors (Lipinski definition) is 4. The highest BCUT2D eigenvalue weighted by Crippen LogP contribution is 2.31. The third-order valence-electron chi connectivity index (χ3n) is 6.21. The van der Waals surface area contributed by atoms with Crippen molar-refractivity contribution in [2.24, 2.45) is 0 Å². The summed E-state index contributed by atoms with van der Waals surface area (Å²) in [5.74, 6) is 0.